The molecule has 0 saturated heterocycles. The van der Waals surface area contributed by atoms with E-state index >= 15 is 0 Å². The Kier molecular flexibility index (Phi) is 4.89. The number of nitrogens with zero attached hydrogens (tertiary/aromatic N) is 1. The number of carbonyl (C=O) groups excluding carboxylic acids is 1. The Hall–Kier alpha value is -2.15. The molecular formula is C13H15N3O3S. The highest BCUT2D eigenvalue weighted by Gasteiger charge is 2.09. The van der Waals surface area contributed by atoms with E-state index in [1.165, 1.54) is 18.0 Å². The summed E-state index contributed by atoms with van der Waals surface area (Å²) in [5.41, 5.74) is 6.82. The van der Waals surface area contributed by atoms with Gasteiger partial charge in [-0.2, -0.15) is 0 Å². The molecule has 1 amide bonds. The second-order valence-electron chi connectivity index (χ2n) is 3.90. The van der Waals surface area contributed by atoms with Crippen molar-refractivity contribution in [3.8, 4) is 5.75 Å². The number of aromatic nitrogens is 1. The van der Waals surface area contributed by atoms with Crippen molar-refractivity contribution in [1.82, 2.24) is 4.98 Å². The number of carbonyl (C=O) groups is 1. The summed E-state index contributed by atoms with van der Waals surface area (Å²) in [5.74, 6) is 1.04. The third-order valence-electron chi connectivity index (χ3n) is 2.46. The number of methoxy groups -OCH3 is 1. The Labute approximate surface area is 120 Å². The van der Waals surface area contributed by atoms with E-state index in [1.54, 1.807) is 31.5 Å². The van der Waals surface area contributed by atoms with Crippen molar-refractivity contribution in [1.29, 1.82) is 0 Å². The Morgan fingerprint density at radius 2 is 2.40 bits per heavy atom. The molecule has 1 heterocycles. The lowest BCUT2D eigenvalue weighted by atomic mass is 10.2. The molecule has 0 aliphatic rings. The number of thioether (sulfide) groups is 1. The van der Waals surface area contributed by atoms with Gasteiger partial charge in [0.25, 0.3) is 5.22 Å². The van der Waals surface area contributed by atoms with Gasteiger partial charge in [-0.05, 0) is 18.2 Å². The third-order valence-corrected chi connectivity index (χ3v) is 3.32. The van der Waals surface area contributed by atoms with E-state index in [4.69, 9.17) is 14.9 Å². The molecule has 0 saturated carbocycles. The molecule has 1 aromatic heterocycles. The van der Waals surface area contributed by atoms with Crippen LogP contribution in [0.5, 0.6) is 5.75 Å². The average Bonchev–Trinajstić information content (AvgIpc) is 2.92. The number of benzene rings is 1. The molecular weight excluding hydrogens is 278 g/mol. The molecule has 3 N–H and O–H groups in total. The van der Waals surface area contributed by atoms with E-state index < -0.39 is 0 Å². The van der Waals surface area contributed by atoms with Crippen LogP contribution in [-0.4, -0.2) is 23.8 Å². The fourth-order valence-corrected chi connectivity index (χ4v) is 2.27. The summed E-state index contributed by atoms with van der Waals surface area (Å²) in [6.07, 6.45) is 3.41. The summed E-state index contributed by atoms with van der Waals surface area (Å²) >= 11 is 1.38. The quantitative estimate of drug-likeness (QED) is 0.628. The number of nitrogens with two attached hydrogens (primary N) is 1. The number of amides is 1. The first kappa shape index (κ1) is 14.3. The number of anilines is 2. The molecule has 2 aromatic rings. The minimum absolute atomic E-state index is 0.118. The average molecular weight is 293 g/mol. The van der Waals surface area contributed by atoms with Crippen molar-refractivity contribution >= 4 is 29.0 Å². The topological polar surface area (TPSA) is 90.4 Å². The zero-order chi connectivity index (χ0) is 14.4. The van der Waals surface area contributed by atoms with Gasteiger partial charge in [0.15, 0.2) is 0 Å². The largest absolute Gasteiger partial charge is 0.495 e. The predicted octanol–water partition coefficient (Wildman–Crippen LogP) is 2.39. The summed E-state index contributed by atoms with van der Waals surface area (Å²) < 4.78 is 10.2. The summed E-state index contributed by atoms with van der Waals surface area (Å²) in [7, 11) is 1.54. The molecule has 0 atom stereocenters. The molecule has 2 rings (SSSR count). The molecule has 0 spiro atoms. The summed E-state index contributed by atoms with van der Waals surface area (Å²) in [4.78, 5) is 15.8. The van der Waals surface area contributed by atoms with Crippen LogP contribution in [0.1, 0.15) is 6.42 Å². The van der Waals surface area contributed by atoms with Crippen LogP contribution in [0.15, 0.2) is 40.3 Å². The maximum absolute atomic E-state index is 11.8. The molecule has 0 aliphatic heterocycles. The minimum Gasteiger partial charge on any atom is -0.495 e. The van der Waals surface area contributed by atoms with Crippen molar-refractivity contribution in [3.63, 3.8) is 0 Å². The first-order chi connectivity index (χ1) is 9.69. The van der Waals surface area contributed by atoms with Gasteiger partial charge in [-0.3, -0.25) is 4.79 Å². The zero-order valence-corrected chi connectivity index (χ0v) is 11.8. The number of hydrogen-bond acceptors (Lipinski definition) is 6. The van der Waals surface area contributed by atoms with Crippen LogP contribution in [0, 0.1) is 0 Å². The van der Waals surface area contributed by atoms with Crippen molar-refractivity contribution in [2.45, 2.75) is 11.6 Å². The van der Waals surface area contributed by atoms with E-state index in [-0.39, 0.29) is 5.91 Å². The Morgan fingerprint density at radius 1 is 1.55 bits per heavy atom. The number of nitrogen functional groups attached to an aromatic ring is 1. The molecule has 0 aliphatic carbocycles. The molecule has 6 nitrogen and oxygen atoms in total. The first-order valence-corrected chi connectivity index (χ1v) is 6.93. The molecule has 0 radical (unpaired) electrons. The van der Waals surface area contributed by atoms with Gasteiger partial charge in [-0.15, -0.1) is 0 Å². The maximum Gasteiger partial charge on any atom is 0.255 e. The van der Waals surface area contributed by atoms with Gasteiger partial charge in [-0.25, -0.2) is 4.98 Å². The second kappa shape index (κ2) is 6.85. The van der Waals surface area contributed by atoms with Crippen molar-refractivity contribution in [2.24, 2.45) is 0 Å². The van der Waals surface area contributed by atoms with Crippen molar-refractivity contribution < 1.29 is 13.9 Å². The van der Waals surface area contributed by atoms with E-state index in [1.807, 2.05) is 0 Å². The first-order valence-electron chi connectivity index (χ1n) is 5.94. The molecule has 0 bridgehead atoms. The van der Waals surface area contributed by atoms with E-state index in [2.05, 4.69) is 10.3 Å². The maximum atomic E-state index is 11.8. The predicted molar refractivity (Wildman–Crippen MR) is 77.9 cm³/mol. The fraction of sp³-hybridized carbons (Fsp3) is 0.231. The molecule has 7 heteroatoms. The van der Waals surface area contributed by atoms with Gasteiger partial charge in [0.05, 0.1) is 19.0 Å². The zero-order valence-electron chi connectivity index (χ0n) is 11.0. The lowest BCUT2D eigenvalue weighted by Crippen LogP contribution is -2.13. The molecule has 0 fully saturated rings. The van der Waals surface area contributed by atoms with Crippen LogP contribution >= 0.6 is 11.8 Å². The smallest absolute Gasteiger partial charge is 0.255 e. The number of nitrogens with one attached hydrogen (secondary N) is 1. The van der Waals surface area contributed by atoms with Gasteiger partial charge in [0, 0.05) is 17.9 Å². The van der Waals surface area contributed by atoms with Crippen molar-refractivity contribution in [3.05, 3.63) is 30.7 Å². The van der Waals surface area contributed by atoms with Gasteiger partial charge >= 0.3 is 0 Å². The number of ether oxygens (including phenoxy) is 1. The van der Waals surface area contributed by atoms with Crippen LogP contribution < -0.4 is 15.8 Å². The Morgan fingerprint density at radius 3 is 3.10 bits per heavy atom. The van der Waals surface area contributed by atoms with Gasteiger partial charge in [0.1, 0.15) is 12.0 Å². The molecule has 20 heavy (non-hydrogen) atoms. The van der Waals surface area contributed by atoms with Crippen LogP contribution in [0.2, 0.25) is 0 Å². The summed E-state index contributed by atoms with van der Waals surface area (Å²) in [5, 5.41) is 3.33. The number of hydrogen-bond donors (Lipinski definition) is 2. The molecule has 106 valence electrons. The highest BCUT2D eigenvalue weighted by molar-refractivity contribution is 7.99. The third kappa shape index (κ3) is 3.92. The minimum atomic E-state index is -0.118. The Bertz CT molecular complexity index is 572. The normalized spacial score (nSPS) is 10.2. The highest BCUT2D eigenvalue weighted by Crippen LogP contribution is 2.26. The number of oxazole rings is 1. The van der Waals surface area contributed by atoms with Crippen LogP contribution in [0.4, 0.5) is 11.4 Å². The second-order valence-corrected chi connectivity index (χ2v) is 4.95. The standard InChI is InChI=1S/C13H15N3O3S/c1-18-11-3-2-9(14)8-10(11)16-12(17)4-7-20-13-15-5-6-19-13/h2-3,5-6,8H,4,7,14H2,1H3,(H,16,17). The van der Waals surface area contributed by atoms with Crippen LogP contribution in [0.3, 0.4) is 0 Å². The van der Waals surface area contributed by atoms with E-state index in [0.717, 1.165) is 0 Å². The van der Waals surface area contributed by atoms with Gasteiger partial charge < -0.3 is 20.2 Å². The van der Waals surface area contributed by atoms with Crippen LogP contribution in [-0.2, 0) is 4.79 Å². The summed E-state index contributed by atoms with van der Waals surface area (Å²) in [6.45, 7) is 0. The van der Waals surface area contributed by atoms with Gasteiger partial charge in [-0.1, -0.05) is 11.8 Å². The number of rotatable bonds is 6. The lowest BCUT2D eigenvalue weighted by Gasteiger charge is -2.10. The Balaban J connectivity index is 1.86. The SMILES string of the molecule is COc1ccc(N)cc1NC(=O)CCSc1ncco1. The monoisotopic (exact) mass is 293 g/mol. The van der Waals surface area contributed by atoms with Crippen LogP contribution in [0.25, 0.3) is 0 Å². The molecule has 0 unspecified atom stereocenters. The van der Waals surface area contributed by atoms with Gasteiger partial charge in [0.2, 0.25) is 5.91 Å². The highest BCUT2D eigenvalue weighted by atomic mass is 32.2. The van der Waals surface area contributed by atoms with E-state index in [9.17, 15) is 4.79 Å². The van der Waals surface area contributed by atoms with E-state index in [0.29, 0.717) is 34.5 Å². The lowest BCUT2D eigenvalue weighted by molar-refractivity contribution is -0.115. The summed E-state index contributed by atoms with van der Waals surface area (Å²) in [6, 6.07) is 5.09. The van der Waals surface area contributed by atoms with Crippen molar-refractivity contribution in [2.75, 3.05) is 23.9 Å². The molecule has 1 aromatic carbocycles. The fourth-order valence-electron chi connectivity index (χ4n) is 1.55.